The zero-order chi connectivity index (χ0) is 23.4. The number of aromatic nitrogens is 3. The maximum absolute atomic E-state index is 13.3. The molecule has 0 spiro atoms. The zero-order valence-electron chi connectivity index (χ0n) is 16.8. The molecular formula is C24H15F4N3O2. The van der Waals surface area contributed by atoms with Crippen molar-refractivity contribution in [3.05, 3.63) is 102 Å². The average molecular weight is 453 g/mol. The molecule has 0 saturated heterocycles. The van der Waals surface area contributed by atoms with E-state index in [9.17, 15) is 22.4 Å². The van der Waals surface area contributed by atoms with Crippen LogP contribution in [0.25, 0.3) is 23.0 Å². The fourth-order valence-electron chi connectivity index (χ4n) is 3.04. The number of halogens is 4. The first-order valence-electron chi connectivity index (χ1n) is 9.63. The van der Waals surface area contributed by atoms with Crippen molar-refractivity contribution in [2.24, 2.45) is 0 Å². The topological polar surface area (TPSA) is 57.0 Å². The summed E-state index contributed by atoms with van der Waals surface area (Å²) in [5, 5.41) is 4.48. The van der Waals surface area contributed by atoms with Crippen LogP contribution in [-0.2, 0) is 0 Å². The van der Waals surface area contributed by atoms with Crippen molar-refractivity contribution in [1.29, 1.82) is 0 Å². The van der Waals surface area contributed by atoms with Gasteiger partial charge in [0.2, 0.25) is 0 Å². The summed E-state index contributed by atoms with van der Waals surface area (Å²) < 4.78 is 55.5. The van der Waals surface area contributed by atoms with Crippen molar-refractivity contribution in [2.45, 2.75) is 6.36 Å². The molecule has 0 unspecified atom stereocenters. The minimum atomic E-state index is -4.78. The van der Waals surface area contributed by atoms with E-state index in [0.29, 0.717) is 22.5 Å². The molecule has 0 atom stereocenters. The van der Waals surface area contributed by atoms with Crippen LogP contribution < -0.4 is 4.74 Å². The highest BCUT2D eigenvalue weighted by atomic mass is 19.4. The number of carbonyl (C=O) groups is 1. The quantitative estimate of drug-likeness (QED) is 0.208. The fraction of sp³-hybridized carbons (Fsp3) is 0.0417. The monoisotopic (exact) mass is 453 g/mol. The van der Waals surface area contributed by atoms with Gasteiger partial charge in [-0.1, -0.05) is 18.2 Å². The largest absolute Gasteiger partial charge is 0.573 e. The smallest absolute Gasteiger partial charge is 0.406 e. The molecule has 4 aromatic rings. The van der Waals surface area contributed by atoms with Crippen molar-refractivity contribution < 1.29 is 27.1 Å². The Balaban J connectivity index is 1.63. The van der Waals surface area contributed by atoms with Crippen molar-refractivity contribution in [1.82, 2.24) is 14.8 Å². The number of hydrogen-bond acceptors (Lipinski definition) is 4. The molecular weight excluding hydrogens is 438 g/mol. The van der Waals surface area contributed by atoms with Crippen LogP contribution in [0.15, 0.2) is 85.3 Å². The minimum absolute atomic E-state index is 0.278. The summed E-state index contributed by atoms with van der Waals surface area (Å²) in [6.07, 6.45) is 2.68. The van der Waals surface area contributed by atoms with Crippen molar-refractivity contribution in [2.75, 3.05) is 0 Å². The molecule has 0 saturated carbocycles. The van der Waals surface area contributed by atoms with Crippen LogP contribution in [0.4, 0.5) is 17.6 Å². The maximum atomic E-state index is 13.3. The Labute approximate surface area is 185 Å². The number of nitrogens with zero attached hydrogens (tertiary/aromatic N) is 3. The van der Waals surface area contributed by atoms with Crippen LogP contribution in [0, 0.1) is 5.82 Å². The number of carbonyl (C=O) groups excluding carboxylic acids is 1. The van der Waals surface area contributed by atoms with E-state index in [-0.39, 0.29) is 17.1 Å². The minimum Gasteiger partial charge on any atom is -0.406 e. The molecule has 9 heteroatoms. The first-order valence-corrected chi connectivity index (χ1v) is 9.63. The third kappa shape index (κ3) is 5.51. The van der Waals surface area contributed by atoms with Gasteiger partial charge in [-0.15, -0.1) is 13.2 Å². The van der Waals surface area contributed by atoms with Gasteiger partial charge in [-0.2, -0.15) is 5.10 Å². The van der Waals surface area contributed by atoms with Crippen molar-refractivity contribution >= 4 is 11.9 Å². The van der Waals surface area contributed by atoms with Crippen LogP contribution in [0.5, 0.6) is 5.75 Å². The molecule has 2 heterocycles. The Hall–Kier alpha value is -4.27. The van der Waals surface area contributed by atoms with E-state index < -0.39 is 12.2 Å². The van der Waals surface area contributed by atoms with E-state index >= 15 is 0 Å². The van der Waals surface area contributed by atoms with Gasteiger partial charge in [0.05, 0.1) is 11.3 Å². The second kappa shape index (κ2) is 9.07. The van der Waals surface area contributed by atoms with E-state index in [1.807, 2.05) is 0 Å². The average Bonchev–Trinajstić information content (AvgIpc) is 3.24. The molecule has 33 heavy (non-hydrogen) atoms. The number of pyridine rings is 1. The predicted octanol–water partition coefficient (Wildman–Crippen LogP) is 5.87. The Morgan fingerprint density at radius 3 is 2.36 bits per heavy atom. The van der Waals surface area contributed by atoms with E-state index in [4.69, 9.17) is 0 Å². The molecule has 2 aromatic carbocycles. The Morgan fingerprint density at radius 1 is 1.00 bits per heavy atom. The molecule has 0 aliphatic heterocycles. The first-order chi connectivity index (χ1) is 15.8. The normalized spacial score (nSPS) is 11.6. The molecule has 0 aliphatic carbocycles. The van der Waals surface area contributed by atoms with Crippen molar-refractivity contribution in [3.63, 3.8) is 0 Å². The van der Waals surface area contributed by atoms with Crippen LogP contribution >= 0.6 is 0 Å². The third-order valence-corrected chi connectivity index (χ3v) is 4.55. The molecule has 0 N–H and O–H groups in total. The van der Waals surface area contributed by atoms with Crippen LogP contribution in [0.2, 0.25) is 0 Å². The highest BCUT2D eigenvalue weighted by molar-refractivity contribution is 6.10. The Kier molecular flexibility index (Phi) is 6.03. The van der Waals surface area contributed by atoms with E-state index in [2.05, 4.69) is 14.8 Å². The van der Waals surface area contributed by atoms with Gasteiger partial charge in [-0.3, -0.25) is 9.78 Å². The van der Waals surface area contributed by atoms with Gasteiger partial charge < -0.3 is 4.74 Å². The van der Waals surface area contributed by atoms with Gasteiger partial charge in [0.25, 0.3) is 0 Å². The summed E-state index contributed by atoms with van der Waals surface area (Å²) in [5.41, 5.74) is 2.34. The lowest BCUT2D eigenvalue weighted by atomic mass is 10.1. The standard InChI is InChI=1S/C24H15F4N3O2/c25-18-6-8-19(9-7-18)31-15-21(23(30-31)17-2-1-13-29-14-17)22(32)12-5-16-3-10-20(11-4-16)33-24(26,27)28/h1-15H. The Morgan fingerprint density at radius 2 is 1.73 bits per heavy atom. The second-order valence-corrected chi connectivity index (χ2v) is 6.87. The SMILES string of the molecule is O=C(C=Cc1ccc(OC(F)(F)F)cc1)c1cn(-c2ccc(F)cc2)nc1-c1cccnc1. The number of benzene rings is 2. The molecule has 2 aromatic heterocycles. The molecule has 0 aliphatic rings. The van der Waals surface area contributed by atoms with Gasteiger partial charge in [0, 0.05) is 24.2 Å². The fourth-order valence-corrected chi connectivity index (χ4v) is 3.04. The highest BCUT2D eigenvalue weighted by Gasteiger charge is 2.30. The lowest BCUT2D eigenvalue weighted by Crippen LogP contribution is -2.16. The lowest BCUT2D eigenvalue weighted by Gasteiger charge is -2.08. The van der Waals surface area contributed by atoms with Crippen molar-refractivity contribution in [3.8, 4) is 22.7 Å². The summed E-state index contributed by atoms with van der Waals surface area (Å²) >= 11 is 0. The van der Waals surface area contributed by atoms with Gasteiger partial charge in [-0.25, -0.2) is 9.07 Å². The summed E-state index contributed by atoms with van der Waals surface area (Å²) in [4.78, 5) is 17.0. The van der Waals surface area contributed by atoms with E-state index in [1.165, 1.54) is 59.4 Å². The number of ether oxygens (including phenoxy) is 1. The van der Waals surface area contributed by atoms with Crippen LogP contribution in [-0.4, -0.2) is 26.9 Å². The van der Waals surface area contributed by atoms with Crippen LogP contribution in [0.1, 0.15) is 15.9 Å². The first kappa shape index (κ1) is 21.9. The van der Waals surface area contributed by atoms with Crippen LogP contribution in [0.3, 0.4) is 0 Å². The number of allylic oxidation sites excluding steroid dienone is 1. The lowest BCUT2D eigenvalue weighted by molar-refractivity contribution is -0.274. The maximum Gasteiger partial charge on any atom is 0.573 e. The summed E-state index contributed by atoms with van der Waals surface area (Å²) in [7, 11) is 0. The molecule has 0 bridgehead atoms. The third-order valence-electron chi connectivity index (χ3n) is 4.55. The second-order valence-electron chi connectivity index (χ2n) is 6.87. The van der Waals surface area contributed by atoms with Gasteiger partial charge in [-0.05, 0) is 60.2 Å². The summed E-state index contributed by atoms with van der Waals surface area (Å²) in [6, 6.07) is 14.2. The number of ketones is 1. The molecule has 0 fully saturated rings. The summed E-state index contributed by atoms with van der Waals surface area (Å²) in [5.74, 6) is -1.13. The molecule has 4 rings (SSSR count). The number of rotatable bonds is 6. The van der Waals surface area contributed by atoms with Gasteiger partial charge in [0.1, 0.15) is 17.3 Å². The van der Waals surface area contributed by atoms with Gasteiger partial charge in [0.15, 0.2) is 5.78 Å². The van der Waals surface area contributed by atoms with E-state index in [1.54, 1.807) is 24.5 Å². The number of hydrogen-bond donors (Lipinski definition) is 0. The highest BCUT2D eigenvalue weighted by Crippen LogP contribution is 2.25. The number of alkyl halides is 3. The predicted molar refractivity (Wildman–Crippen MR) is 113 cm³/mol. The Bertz CT molecular complexity index is 1280. The zero-order valence-corrected chi connectivity index (χ0v) is 16.8. The molecule has 166 valence electrons. The van der Waals surface area contributed by atoms with Gasteiger partial charge >= 0.3 is 6.36 Å². The van der Waals surface area contributed by atoms with E-state index in [0.717, 1.165) is 12.1 Å². The molecule has 5 nitrogen and oxygen atoms in total. The summed E-state index contributed by atoms with van der Waals surface area (Å²) in [6.45, 7) is 0. The molecule has 0 radical (unpaired) electrons. The molecule has 0 amide bonds.